The normalized spacial score (nSPS) is 20.6. The van der Waals surface area contributed by atoms with Gasteiger partial charge in [0.15, 0.2) is 12.4 Å². The fraction of sp³-hybridized carbons (Fsp3) is 0.870. The zero-order valence-corrected chi connectivity index (χ0v) is 35.6. The predicted molar refractivity (Wildman–Crippen MR) is 224 cm³/mol. The molecule has 0 radical (unpaired) electrons. The standard InChI is InChI=1S/C46H84O10/c1-3-5-7-9-11-13-15-17-18-19-20-21-22-23-25-27-29-31-33-35-42(49)55-39(38-54-46-45(52)44(51)43(50)40(36-47)56-46)37-53-41(48)34-32-30-28-26-24-16-14-12-10-8-6-4-2/h11,13,17-18,39-40,43-47,50-52H,3-10,12,14-16,19-38H2,1-2H3/b13-11+,18-17+/t39-,40-,43+,44?,45?,46-/m1/s1. The summed E-state index contributed by atoms with van der Waals surface area (Å²) in [5.74, 6) is -0.805. The van der Waals surface area contributed by atoms with Crippen LogP contribution in [0.25, 0.3) is 0 Å². The second kappa shape index (κ2) is 37.5. The fourth-order valence-corrected chi connectivity index (χ4v) is 6.92. The minimum Gasteiger partial charge on any atom is -0.462 e. The van der Waals surface area contributed by atoms with Gasteiger partial charge >= 0.3 is 11.9 Å². The van der Waals surface area contributed by atoms with Crippen LogP contribution in [-0.4, -0.2) is 89.0 Å². The van der Waals surface area contributed by atoms with Gasteiger partial charge < -0.3 is 39.4 Å². The minimum absolute atomic E-state index is 0.215. The number of unbranched alkanes of at least 4 members (excludes halogenated alkanes) is 23. The molecule has 1 saturated heterocycles. The maximum atomic E-state index is 12.8. The van der Waals surface area contributed by atoms with Crippen molar-refractivity contribution in [1.29, 1.82) is 0 Å². The Morgan fingerprint density at radius 3 is 1.52 bits per heavy atom. The quantitative estimate of drug-likeness (QED) is 0.0270. The molecule has 0 aliphatic carbocycles. The molecule has 1 aliphatic rings. The molecule has 0 bridgehead atoms. The highest BCUT2D eigenvalue weighted by molar-refractivity contribution is 5.70. The van der Waals surface area contributed by atoms with Crippen molar-refractivity contribution in [2.45, 2.75) is 237 Å². The predicted octanol–water partition coefficient (Wildman–Crippen LogP) is 9.72. The number of hydrogen-bond donors (Lipinski definition) is 4. The van der Waals surface area contributed by atoms with E-state index in [4.69, 9.17) is 18.9 Å². The summed E-state index contributed by atoms with van der Waals surface area (Å²) in [6, 6.07) is 0. The Bertz CT molecular complexity index is 970. The van der Waals surface area contributed by atoms with E-state index in [1.165, 1.54) is 116 Å². The topological polar surface area (TPSA) is 152 Å². The average molecular weight is 797 g/mol. The van der Waals surface area contributed by atoms with Crippen LogP contribution in [0.15, 0.2) is 24.3 Å². The van der Waals surface area contributed by atoms with Gasteiger partial charge in [0.2, 0.25) is 0 Å². The molecule has 4 N–H and O–H groups in total. The number of ether oxygens (including phenoxy) is 4. The number of carbonyl (C=O) groups is 2. The number of hydrogen-bond acceptors (Lipinski definition) is 10. The number of esters is 2. The van der Waals surface area contributed by atoms with Gasteiger partial charge in [0.05, 0.1) is 13.2 Å². The van der Waals surface area contributed by atoms with Gasteiger partial charge in [-0.2, -0.15) is 0 Å². The summed E-state index contributed by atoms with van der Waals surface area (Å²) >= 11 is 0. The number of rotatable bonds is 38. The third kappa shape index (κ3) is 28.6. The molecular formula is C46H84O10. The van der Waals surface area contributed by atoms with E-state index in [9.17, 15) is 30.0 Å². The zero-order chi connectivity index (χ0) is 40.9. The molecule has 10 heteroatoms. The average Bonchev–Trinajstić information content (AvgIpc) is 3.19. The summed E-state index contributed by atoms with van der Waals surface area (Å²) in [6.45, 7) is 3.40. The fourth-order valence-electron chi connectivity index (χ4n) is 6.92. The molecule has 0 spiro atoms. The first-order chi connectivity index (χ1) is 27.3. The van der Waals surface area contributed by atoms with Gasteiger partial charge in [0.25, 0.3) is 0 Å². The first kappa shape index (κ1) is 52.2. The van der Waals surface area contributed by atoms with E-state index in [0.29, 0.717) is 6.42 Å². The van der Waals surface area contributed by atoms with Crippen LogP contribution in [0.3, 0.4) is 0 Å². The molecule has 6 atom stereocenters. The lowest BCUT2D eigenvalue weighted by atomic mass is 9.99. The third-order valence-electron chi connectivity index (χ3n) is 10.6. The van der Waals surface area contributed by atoms with E-state index in [0.717, 1.165) is 51.4 Å². The Morgan fingerprint density at radius 1 is 0.554 bits per heavy atom. The van der Waals surface area contributed by atoms with Crippen LogP contribution in [0.5, 0.6) is 0 Å². The summed E-state index contributed by atoms with van der Waals surface area (Å²) in [7, 11) is 0. The summed E-state index contributed by atoms with van der Waals surface area (Å²) in [4.78, 5) is 25.3. The molecule has 0 aromatic heterocycles. The molecule has 56 heavy (non-hydrogen) atoms. The van der Waals surface area contributed by atoms with Crippen molar-refractivity contribution < 1.29 is 49.0 Å². The number of allylic oxidation sites excluding steroid dienone is 4. The summed E-state index contributed by atoms with van der Waals surface area (Å²) in [5, 5.41) is 40.1. The van der Waals surface area contributed by atoms with E-state index in [1.807, 2.05) is 0 Å². The van der Waals surface area contributed by atoms with Gasteiger partial charge in [0.1, 0.15) is 31.0 Å². The second-order valence-electron chi connectivity index (χ2n) is 15.9. The number of aliphatic hydroxyl groups is 4. The molecule has 1 aliphatic heterocycles. The molecule has 0 amide bonds. The first-order valence-electron chi connectivity index (χ1n) is 22.9. The van der Waals surface area contributed by atoms with Crippen LogP contribution < -0.4 is 0 Å². The van der Waals surface area contributed by atoms with Crippen molar-refractivity contribution in [2.75, 3.05) is 19.8 Å². The lowest BCUT2D eigenvalue weighted by molar-refractivity contribution is -0.305. The lowest BCUT2D eigenvalue weighted by Gasteiger charge is -2.39. The van der Waals surface area contributed by atoms with Gasteiger partial charge in [-0.1, -0.05) is 167 Å². The molecule has 2 unspecified atom stereocenters. The van der Waals surface area contributed by atoms with Crippen molar-refractivity contribution in [2.24, 2.45) is 0 Å². The summed E-state index contributed by atoms with van der Waals surface area (Å²) in [6.07, 6.45) is 33.2. The van der Waals surface area contributed by atoms with Crippen LogP contribution in [0, 0.1) is 0 Å². The summed E-state index contributed by atoms with van der Waals surface area (Å²) < 4.78 is 22.2. The SMILES string of the molecule is CCCCC/C=C/C/C=C/CCCCCCCCCCCC(=O)O[C@H](COC(=O)CCCCCCCCCCCCCC)CO[C@@H]1O[C@H](CO)[C@H](O)C(O)C1O. The van der Waals surface area contributed by atoms with Crippen LogP contribution in [0.2, 0.25) is 0 Å². The minimum atomic E-state index is -1.59. The monoisotopic (exact) mass is 797 g/mol. The third-order valence-corrected chi connectivity index (χ3v) is 10.6. The van der Waals surface area contributed by atoms with Crippen molar-refractivity contribution in [3.05, 3.63) is 24.3 Å². The molecule has 1 fully saturated rings. The zero-order valence-electron chi connectivity index (χ0n) is 35.6. The number of aliphatic hydroxyl groups excluding tert-OH is 4. The molecule has 0 saturated carbocycles. The van der Waals surface area contributed by atoms with Crippen molar-refractivity contribution in [1.82, 2.24) is 0 Å². The Balaban J connectivity index is 2.30. The van der Waals surface area contributed by atoms with Gasteiger partial charge in [-0.15, -0.1) is 0 Å². The largest absolute Gasteiger partial charge is 0.462 e. The Hall–Kier alpha value is -1.82. The van der Waals surface area contributed by atoms with Crippen molar-refractivity contribution in [3.63, 3.8) is 0 Å². The van der Waals surface area contributed by atoms with Crippen LogP contribution in [0.4, 0.5) is 0 Å². The van der Waals surface area contributed by atoms with E-state index in [1.54, 1.807) is 0 Å². The molecule has 0 aromatic carbocycles. The molecule has 328 valence electrons. The highest BCUT2D eigenvalue weighted by Gasteiger charge is 2.44. The molecule has 1 rings (SSSR count). The van der Waals surface area contributed by atoms with Crippen molar-refractivity contribution in [3.8, 4) is 0 Å². The highest BCUT2D eigenvalue weighted by atomic mass is 16.7. The Morgan fingerprint density at radius 2 is 1.00 bits per heavy atom. The lowest BCUT2D eigenvalue weighted by Crippen LogP contribution is -2.59. The highest BCUT2D eigenvalue weighted by Crippen LogP contribution is 2.23. The molecule has 0 aromatic rings. The van der Waals surface area contributed by atoms with E-state index >= 15 is 0 Å². The smallest absolute Gasteiger partial charge is 0.306 e. The van der Waals surface area contributed by atoms with Crippen LogP contribution in [-0.2, 0) is 28.5 Å². The van der Waals surface area contributed by atoms with Gasteiger partial charge in [-0.25, -0.2) is 0 Å². The molecule has 10 nitrogen and oxygen atoms in total. The number of carbonyl (C=O) groups excluding carboxylic acids is 2. The van der Waals surface area contributed by atoms with E-state index in [-0.39, 0.29) is 32.0 Å². The van der Waals surface area contributed by atoms with E-state index in [2.05, 4.69) is 38.2 Å². The van der Waals surface area contributed by atoms with E-state index < -0.39 is 49.4 Å². The van der Waals surface area contributed by atoms with Crippen molar-refractivity contribution >= 4 is 11.9 Å². The maximum absolute atomic E-state index is 12.8. The first-order valence-corrected chi connectivity index (χ1v) is 22.9. The van der Waals surface area contributed by atoms with Gasteiger partial charge in [0, 0.05) is 12.8 Å². The van der Waals surface area contributed by atoms with Gasteiger partial charge in [-0.05, 0) is 44.9 Å². The van der Waals surface area contributed by atoms with Crippen LogP contribution >= 0.6 is 0 Å². The van der Waals surface area contributed by atoms with Crippen LogP contribution in [0.1, 0.15) is 200 Å². The molecule has 1 heterocycles. The summed E-state index contributed by atoms with van der Waals surface area (Å²) in [5.41, 5.74) is 0. The Kier molecular flexibility index (Phi) is 34.9. The Labute approximate surface area is 341 Å². The maximum Gasteiger partial charge on any atom is 0.306 e. The molecular weight excluding hydrogens is 712 g/mol. The second-order valence-corrected chi connectivity index (χ2v) is 15.9. The van der Waals surface area contributed by atoms with Gasteiger partial charge in [-0.3, -0.25) is 9.59 Å².